The van der Waals surface area contributed by atoms with Crippen LogP contribution in [0.1, 0.15) is 17.6 Å². The van der Waals surface area contributed by atoms with Gasteiger partial charge in [-0.1, -0.05) is 11.2 Å². The Kier molecular flexibility index (Phi) is 3.47. The van der Waals surface area contributed by atoms with Gasteiger partial charge >= 0.3 is 6.03 Å². The third-order valence-electron chi connectivity index (χ3n) is 3.38. The van der Waals surface area contributed by atoms with Crippen molar-refractivity contribution in [2.75, 3.05) is 25.5 Å². The molecule has 0 radical (unpaired) electrons. The number of amides is 2. The number of hydrogen-bond acceptors (Lipinski definition) is 5. The third-order valence-corrected chi connectivity index (χ3v) is 3.38. The third kappa shape index (κ3) is 2.81. The van der Waals surface area contributed by atoms with Crippen LogP contribution in [0.25, 0.3) is 0 Å². The Hall–Kier alpha value is -2.57. The van der Waals surface area contributed by atoms with Crippen LogP contribution < -0.4 is 10.1 Å². The highest BCUT2D eigenvalue weighted by molar-refractivity contribution is 5.90. The van der Waals surface area contributed by atoms with Crippen molar-refractivity contribution >= 4 is 11.7 Å². The summed E-state index contributed by atoms with van der Waals surface area (Å²) in [4.78, 5) is 18.0. The molecule has 0 aliphatic carbocycles. The number of aromatic nitrogens is 2. The molecule has 0 unspecified atom stereocenters. The number of carbonyl (C=O) groups excluding carboxylic acids is 1. The fourth-order valence-corrected chi connectivity index (χ4v) is 2.18. The summed E-state index contributed by atoms with van der Waals surface area (Å²) in [6, 6.07) is 7.10. The number of anilines is 1. The maximum atomic E-state index is 12.1. The number of rotatable bonds is 3. The number of urea groups is 1. The molecule has 1 N–H and O–H groups in total. The molecular formula is C14H16N4O3. The van der Waals surface area contributed by atoms with Gasteiger partial charge in [-0.15, -0.1) is 0 Å². The van der Waals surface area contributed by atoms with Crippen molar-refractivity contribution < 1.29 is 14.1 Å². The van der Waals surface area contributed by atoms with E-state index >= 15 is 0 Å². The molecule has 2 amide bonds. The Morgan fingerprint density at radius 2 is 2.29 bits per heavy atom. The predicted octanol–water partition coefficient (Wildman–Crippen LogP) is 2.02. The van der Waals surface area contributed by atoms with E-state index in [-0.39, 0.29) is 11.9 Å². The number of hydrogen-bond donors (Lipinski definition) is 1. The summed E-state index contributed by atoms with van der Waals surface area (Å²) in [5.41, 5.74) is 0.705. The van der Waals surface area contributed by atoms with Crippen molar-refractivity contribution in [2.45, 2.75) is 12.8 Å². The molecule has 2 aromatic rings. The monoisotopic (exact) mass is 288 g/mol. The predicted molar refractivity (Wildman–Crippen MR) is 75.4 cm³/mol. The van der Waals surface area contributed by atoms with Crippen molar-refractivity contribution in [1.82, 2.24) is 15.0 Å². The standard InChI is InChI=1S/C14H16N4O3/c1-9-15-13(21-17-9)10-7-18(8-10)14(19)16-11-4-3-5-12(6-11)20-2/h3-6,10H,7-8H2,1-2H3,(H,16,19). The Morgan fingerprint density at radius 1 is 1.48 bits per heavy atom. The van der Waals surface area contributed by atoms with E-state index in [1.165, 1.54) is 0 Å². The molecule has 0 spiro atoms. The van der Waals surface area contributed by atoms with E-state index in [0.29, 0.717) is 36.2 Å². The second-order valence-electron chi connectivity index (χ2n) is 4.94. The van der Waals surface area contributed by atoms with Crippen molar-refractivity contribution in [1.29, 1.82) is 0 Å². The molecular weight excluding hydrogens is 272 g/mol. The summed E-state index contributed by atoms with van der Waals surface area (Å²) >= 11 is 0. The van der Waals surface area contributed by atoms with Gasteiger partial charge in [0.05, 0.1) is 13.0 Å². The summed E-state index contributed by atoms with van der Waals surface area (Å²) in [5, 5.41) is 6.59. The average molecular weight is 288 g/mol. The molecule has 0 saturated carbocycles. The highest BCUT2D eigenvalue weighted by Crippen LogP contribution is 2.26. The minimum absolute atomic E-state index is 0.127. The molecule has 1 saturated heterocycles. The van der Waals surface area contributed by atoms with Gasteiger partial charge in [0.25, 0.3) is 0 Å². The smallest absolute Gasteiger partial charge is 0.321 e. The summed E-state index contributed by atoms with van der Waals surface area (Å²) in [7, 11) is 1.59. The lowest BCUT2D eigenvalue weighted by atomic mass is 10.0. The summed E-state index contributed by atoms with van der Waals surface area (Å²) in [6.45, 7) is 2.94. The topological polar surface area (TPSA) is 80.5 Å². The fraction of sp³-hybridized carbons (Fsp3) is 0.357. The molecule has 1 fully saturated rings. The van der Waals surface area contributed by atoms with Crippen molar-refractivity contribution in [3.8, 4) is 5.75 Å². The molecule has 21 heavy (non-hydrogen) atoms. The van der Waals surface area contributed by atoms with Crippen LogP contribution in [-0.4, -0.2) is 41.3 Å². The van der Waals surface area contributed by atoms with Gasteiger partial charge in [-0.3, -0.25) is 0 Å². The molecule has 7 nitrogen and oxygen atoms in total. The number of nitrogens with one attached hydrogen (secondary N) is 1. The van der Waals surface area contributed by atoms with Gasteiger partial charge in [0.1, 0.15) is 5.75 Å². The number of aryl methyl sites for hydroxylation is 1. The van der Waals surface area contributed by atoms with Crippen molar-refractivity contribution in [3.05, 3.63) is 36.0 Å². The van der Waals surface area contributed by atoms with Gasteiger partial charge in [0, 0.05) is 24.8 Å². The summed E-state index contributed by atoms with van der Waals surface area (Å²) in [5.74, 6) is 2.04. The maximum Gasteiger partial charge on any atom is 0.321 e. The fourth-order valence-electron chi connectivity index (χ4n) is 2.18. The highest BCUT2D eigenvalue weighted by Gasteiger charge is 2.35. The number of nitrogens with zero attached hydrogens (tertiary/aromatic N) is 3. The Bertz CT molecular complexity index is 649. The number of ether oxygens (including phenoxy) is 1. The van der Waals surface area contributed by atoms with E-state index in [4.69, 9.17) is 9.26 Å². The minimum atomic E-state index is -0.143. The zero-order chi connectivity index (χ0) is 14.8. The van der Waals surface area contributed by atoms with E-state index in [1.807, 2.05) is 18.2 Å². The lowest BCUT2D eigenvalue weighted by molar-refractivity contribution is 0.147. The van der Waals surface area contributed by atoms with Gasteiger partial charge in [-0.05, 0) is 19.1 Å². The largest absolute Gasteiger partial charge is 0.497 e. The van der Waals surface area contributed by atoms with Crippen LogP contribution in [0, 0.1) is 6.92 Å². The minimum Gasteiger partial charge on any atom is -0.497 e. The normalized spacial score (nSPS) is 14.7. The molecule has 1 aromatic heterocycles. The van der Waals surface area contributed by atoms with E-state index < -0.39 is 0 Å². The second-order valence-corrected chi connectivity index (χ2v) is 4.94. The summed E-state index contributed by atoms with van der Waals surface area (Å²) < 4.78 is 10.2. The number of carbonyl (C=O) groups is 1. The number of methoxy groups -OCH3 is 1. The SMILES string of the molecule is COc1cccc(NC(=O)N2CC(c3nc(C)no3)C2)c1. The first-order valence-corrected chi connectivity index (χ1v) is 6.66. The zero-order valence-electron chi connectivity index (χ0n) is 11.9. The van der Waals surface area contributed by atoms with Gasteiger partial charge in [0.2, 0.25) is 5.89 Å². The first-order chi connectivity index (χ1) is 10.2. The molecule has 110 valence electrons. The lowest BCUT2D eigenvalue weighted by Gasteiger charge is -2.36. The summed E-state index contributed by atoms with van der Waals surface area (Å²) in [6.07, 6.45) is 0. The maximum absolute atomic E-state index is 12.1. The van der Waals surface area contributed by atoms with Crippen molar-refractivity contribution in [3.63, 3.8) is 0 Å². The molecule has 1 aromatic carbocycles. The highest BCUT2D eigenvalue weighted by atomic mass is 16.5. The van der Waals surface area contributed by atoms with Crippen LogP contribution in [0.2, 0.25) is 0 Å². The molecule has 0 bridgehead atoms. The van der Waals surface area contributed by atoms with Gasteiger partial charge in [0.15, 0.2) is 5.82 Å². The molecule has 2 heterocycles. The van der Waals surface area contributed by atoms with E-state index in [1.54, 1.807) is 25.0 Å². The molecule has 0 atom stereocenters. The zero-order valence-corrected chi connectivity index (χ0v) is 11.9. The van der Waals surface area contributed by atoms with E-state index in [2.05, 4.69) is 15.5 Å². The Labute approximate surface area is 121 Å². The molecule has 3 rings (SSSR count). The Balaban J connectivity index is 1.55. The first-order valence-electron chi connectivity index (χ1n) is 6.66. The van der Waals surface area contributed by atoms with Gasteiger partial charge in [-0.25, -0.2) is 4.79 Å². The van der Waals surface area contributed by atoms with Crippen molar-refractivity contribution in [2.24, 2.45) is 0 Å². The van der Waals surface area contributed by atoms with Gasteiger partial charge < -0.3 is 19.5 Å². The van der Waals surface area contributed by atoms with Crippen LogP contribution in [0.15, 0.2) is 28.8 Å². The van der Waals surface area contributed by atoms with Crippen LogP contribution in [0.5, 0.6) is 5.75 Å². The number of benzene rings is 1. The molecule has 1 aliphatic rings. The van der Waals surface area contributed by atoms with Crippen LogP contribution in [-0.2, 0) is 0 Å². The van der Waals surface area contributed by atoms with Crippen LogP contribution in [0.4, 0.5) is 10.5 Å². The Morgan fingerprint density at radius 3 is 2.95 bits per heavy atom. The quantitative estimate of drug-likeness (QED) is 0.934. The van der Waals surface area contributed by atoms with E-state index in [0.717, 1.165) is 0 Å². The lowest BCUT2D eigenvalue weighted by Crippen LogP contribution is -2.50. The molecule has 7 heteroatoms. The molecule has 1 aliphatic heterocycles. The van der Waals surface area contributed by atoms with Crippen LogP contribution >= 0.6 is 0 Å². The second kappa shape index (κ2) is 5.43. The average Bonchev–Trinajstić information content (AvgIpc) is 2.83. The van der Waals surface area contributed by atoms with E-state index in [9.17, 15) is 4.79 Å². The number of likely N-dealkylation sites (tertiary alicyclic amines) is 1. The first kappa shape index (κ1) is 13.4. The van der Waals surface area contributed by atoms with Gasteiger partial charge in [-0.2, -0.15) is 4.98 Å². The van der Waals surface area contributed by atoms with Crippen LogP contribution in [0.3, 0.4) is 0 Å².